The number of hydrogen-bond acceptors (Lipinski definition) is 5. The predicted molar refractivity (Wildman–Crippen MR) is 58.2 cm³/mol. The van der Waals surface area contributed by atoms with Crippen molar-refractivity contribution in [2.45, 2.75) is 6.92 Å². The fourth-order valence-electron chi connectivity index (χ4n) is 1.00. The van der Waals surface area contributed by atoms with Gasteiger partial charge in [0.05, 0.1) is 4.92 Å². The van der Waals surface area contributed by atoms with E-state index in [0.717, 1.165) is 6.20 Å². The van der Waals surface area contributed by atoms with Gasteiger partial charge >= 0.3 is 0 Å². The molecule has 17 heavy (non-hydrogen) atoms. The van der Waals surface area contributed by atoms with Gasteiger partial charge in [0.15, 0.2) is 0 Å². The first kappa shape index (κ1) is 12.5. The van der Waals surface area contributed by atoms with Crippen LogP contribution in [0.2, 0.25) is 0 Å². The van der Waals surface area contributed by atoms with Crippen molar-refractivity contribution in [3.63, 3.8) is 0 Å². The van der Waals surface area contributed by atoms with E-state index < -0.39 is 22.4 Å². The first-order valence-electron chi connectivity index (χ1n) is 4.53. The number of rotatable bonds is 3. The summed E-state index contributed by atoms with van der Waals surface area (Å²) < 4.78 is 0. The number of imide groups is 1. The second-order valence-electron chi connectivity index (χ2n) is 3.21. The number of carbonyl (C=O) groups is 2. The van der Waals surface area contributed by atoms with Crippen molar-refractivity contribution in [1.82, 2.24) is 10.3 Å². The Morgan fingerprint density at radius 2 is 2.18 bits per heavy atom. The third-order valence-corrected chi connectivity index (χ3v) is 1.86. The molecule has 7 heteroatoms. The Balaban J connectivity index is 3.01. The summed E-state index contributed by atoms with van der Waals surface area (Å²) in [7, 11) is 0. The molecule has 0 aromatic carbocycles. The summed E-state index contributed by atoms with van der Waals surface area (Å²) in [5.74, 6) is -1.53. The Kier molecular flexibility index (Phi) is 3.66. The zero-order valence-electron chi connectivity index (χ0n) is 8.97. The fourth-order valence-corrected chi connectivity index (χ4v) is 1.00. The van der Waals surface area contributed by atoms with E-state index in [9.17, 15) is 19.7 Å². The molecule has 0 bridgehead atoms. The average Bonchev–Trinajstić information content (AvgIpc) is 2.28. The number of nitrogens with one attached hydrogen (secondary N) is 1. The van der Waals surface area contributed by atoms with Crippen LogP contribution >= 0.6 is 0 Å². The average molecular weight is 235 g/mol. The standard InChI is InChI=1S/C10H9N3O4/c1-6(2)9(14)12-10(15)7-3-4-11-5-8(7)13(16)17/h3-5H,1H2,2H3,(H,12,14,15). The van der Waals surface area contributed by atoms with Crippen LogP contribution in [0.1, 0.15) is 17.3 Å². The molecule has 2 amide bonds. The van der Waals surface area contributed by atoms with Crippen LogP contribution in [0.5, 0.6) is 0 Å². The lowest BCUT2D eigenvalue weighted by atomic mass is 10.2. The molecule has 1 N–H and O–H groups in total. The summed E-state index contributed by atoms with van der Waals surface area (Å²) in [6, 6.07) is 1.17. The van der Waals surface area contributed by atoms with Crippen LogP contribution in [0.4, 0.5) is 5.69 Å². The lowest BCUT2D eigenvalue weighted by molar-refractivity contribution is -0.385. The molecule has 1 aromatic rings. The largest absolute Gasteiger partial charge is 0.300 e. The van der Waals surface area contributed by atoms with Gasteiger partial charge in [0, 0.05) is 11.8 Å². The SMILES string of the molecule is C=C(C)C(=O)NC(=O)c1ccncc1[N+](=O)[O-]. The minimum absolute atomic E-state index is 0.134. The van der Waals surface area contributed by atoms with Gasteiger partial charge in [-0.3, -0.25) is 30.0 Å². The molecule has 1 heterocycles. The van der Waals surface area contributed by atoms with Crippen LogP contribution in [0, 0.1) is 10.1 Å². The summed E-state index contributed by atoms with van der Waals surface area (Å²) >= 11 is 0. The van der Waals surface area contributed by atoms with Crippen molar-refractivity contribution in [2.75, 3.05) is 0 Å². The predicted octanol–water partition coefficient (Wildman–Crippen LogP) is 0.822. The second-order valence-corrected chi connectivity index (χ2v) is 3.21. The van der Waals surface area contributed by atoms with Crippen LogP contribution in [0.25, 0.3) is 0 Å². The van der Waals surface area contributed by atoms with E-state index in [2.05, 4.69) is 11.6 Å². The minimum atomic E-state index is -0.855. The number of nitro groups is 1. The quantitative estimate of drug-likeness (QED) is 0.474. The van der Waals surface area contributed by atoms with Crippen molar-refractivity contribution < 1.29 is 14.5 Å². The van der Waals surface area contributed by atoms with Crippen LogP contribution in [0.15, 0.2) is 30.6 Å². The summed E-state index contributed by atoms with van der Waals surface area (Å²) in [4.78, 5) is 36.2. The molecule has 88 valence electrons. The number of nitrogens with zero attached hydrogens (tertiary/aromatic N) is 2. The molecule has 0 saturated heterocycles. The highest BCUT2D eigenvalue weighted by atomic mass is 16.6. The van der Waals surface area contributed by atoms with E-state index in [1.807, 2.05) is 5.32 Å². The van der Waals surface area contributed by atoms with E-state index in [1.165, 1.54) is 19.2 Å². The second kappa shape index (κ2) is 4.97. The lowest BCUT2D eigenvalue weighted by Crippen LogP contribution is -2.31. The van der Waals surface area contributed by atoms with Gasteiger partial charge in [-0.25, -0.2) is 0 Å². The maximum Gasteiger partial charge on any atom is 0.300 e. The monoisotopic (exact) mass is 235 g/mol. The maximum absolute atomic E-state index is 11.6. The number of carbonyl (C=O) groups excluding carboxylic acids is 2. The summed E-state index contributed by atoms with van der Waals surface area (Å²) in [6.45, 7) is 4.77. The molecule has 7 nitrogen and oxygen atoms in total. The van der Waals surface area contributed by atoms with Crippen LogP contribution in [-0.4, -0.2) is 21.7 Å². The normalized spacial score (nSPS) is 9.47. The number of hydrogen-bond donors (Lipinski definition) is 1. The highest BCUT2D eigenvalue weighted by molar-refractivity contribution is 6.11. The third kappa shape index (κ3) is 2.94. The maximum atomic E-state index is 11.6. The zero-order valence-corrected chi connectivity index (χ0v) is 8.97. The van der Waals surface area contributed by atoms with E-state index in [1.54, 1.807) is 0 Å². The van der Waals surface area contributed by atoms with Gasteiger partial charge in [-0.1, -0.05) is 6.58 Å². The molecule has 0 aliphatic rings. The van der Waals surface area contributed by atoms with E-state index in [-0.39, 0.29) is 11.1 Å². The Morgan fingerprint density at radius 3 is 2.71 bits per heavy atom. The minimum Gasteiger partial charge on any atom is -0.288 e. The Labute approximate surface area is 96.3 Å². The van der Waals surface area contributed by atoms with E-state index in [0.29, 0.717) is 0 Å². The third-order valence-electron chi connectivity index (χ3n) is 1.86. The van der Waals surface area contributed by atoms with Gasteiger partial charge in [0.25, 0.3) is 17.5 Å². The lowest BCUT2D eigenvalue weighted by Gasteiger charge is -2.03. The van der Waals surface area contributed by atoms with Crippen LogP contribution in [-0.2, 0) is 4.79 Å². The van der Waals surface area contributed by atoms with Crippen LogP contribution < -0.4 is 5.32 Å². The topological polar surface area (TPSA) is 102 Å². The molecule has 0 atom stereocenters. The van der Waals surface area contributed by atoms with Crippen molar-refractivity contribution in [3.8, 4) is 0 Å². The van der Waals surface area contributed by atoms with E-state index >= 15 is 0 Å². The van der Waals surface area contributed by atoms with Gasteiger partial charge in [-0.05, 0) is 13.0 Å². The molecule has 0 saturated carbocycles. The first-order valence-corrected chi connectivity index (χ1v) is 4.53. The molecule has 0 aliphatic carbocycles. The summed E-state index contributed by atoms with van der Waals surface area (Å²) in [6.07, 6.45) is 2.17. The fraction of sp³-hybridized carbons (Fsp3) is 0.100. The number of aromatic nitrogens is 1. The number of amides is 2. The summed E-state index contributed by atoms with van der Waals surface area (Å²) in [5, 5.41) is 12.6. The first-order chi connectivity index (χ1) is 7.93. The molecule has 0 unspecified atom stereocenters. The van der Waals surface area contributed by atoms with Gasteiger partial charge in [-0.2, -0.15) is 0 Å². The van der Waals surface area contributed by atoms with Crippen molar-refractivity contribution in [3.05, 3.63) is 46.3 Å². The molecular weight excluding hydrogens is 226 g/mol. The highest BCUT2D eigenvalue weighted by Crippen LogP contribution is 2.15. The molecule has 1 aromatic heterocycles. The van der Waals surface area contributed by atoms with Crippen molar-refractivity contribution >= 4 is 17.5 Å². The molecule has 0 aliphatic heterocycles. The Bertz CT molecular complexity index is 510. The molecule has 0 fully saturated rings. The molecule has 0 radical (unpaired) electrons. The van der Waals surface area contributed by atoms with Gasteiger partial charge in [0.1, 0.15) is 11.8 Å². The molecule has 1 rings (SSSR count). The van der Waals surface area contributed by atoms with Crippen LogP contribution in [0.3, 0.4) is 0 Å². The van der Waals surface area contributed by atoms with Crippen molar-refractivity contribution in [1.29, 1.82) is 0 Å². The zero-order chi connectivity index (χ0) is 13.0. The summed E-state index contributed by atoms with van der Waals surface area (Å²) in [5.41, 5.74) is -0.547. The Morgan fingerprint density at radius 1 is 1.53 bits per heavy atom. The van der Waals surface area contributed by atoms with Gasteiger partial charge < -0.3 is 0 Å². The Hall–Kier alpha value is -2.57. The van der Waals surface area contributed by atoms with Gasteiger partial charge in [0.2, 0.25) is 0 Å². The smallest absolute Gasteiger partial charge is 0.288 e. The van der Waals surface area contributed by atoms with Gasteiger partial charge in [-0.15, -0.1) is 0 Å². The molecule has 0 spiro atoms. The molecular formula is C10H9N3O4. The highest BCUT2D eigenvalue weighted by Gasteiger charge is 2.21. The van der Waals surface area contributed by atoms with E-state index in [4.69, 9.17) is 0 Å². The number of pyridine rings is 1. The van der Waals surface area contributed by atoms with Crippen molar-refractivity contribution in [2.24, 2.45) is 0 Å².